The fraction of sp³-hybridized carbons (Fsp3) is 0.111. The molecule has 0 fully saturated rings. The summed E-state index contributed by atoms with van der Waals surface area (Å²) in [7, 11) is 0. The summed E-state index contributed by atoms with van der Waals surface area (Å²) in [4.78, 5) is 18.5. The quantitative estimate of drug-likeness (QED) is 0.707. The summed E-state index contributed by atoms with van der Waals surface area (Å²) in [5.74, 6) is -0.216. The van der Waals surface area contributed by atoms with E-state index in [9.17, 15) is 4.79 Å². The summed E-state index contributed by atoms with van der Waals surface area (Å²) >= 11 is 1.53. The van der Waals surface area contributed by atoms with E-state index in [2.05, 4.69) is 4.99 Å². The molecule has 3 aromatic rings. The maximum atomic E-state index is 12.3. The van der Waals surface area contributed by atoms with Gasteiger partial charge in [-0.2, -0.15) is 4.99 Å². The van der Waals surface area contributed by atoms with Gasteiger partial charge in [-0.3, -0.25) is 9.36 Å². The Bertz CT molecular complexity index is 861. The summed E-state index contributed by atoms with van der Waals surface area (Å²) in [5.41, 5.74) is 2.73. The Hall–Kier alpha value is -2.46. The van der Waals surface area contributed by atoms with E-state index in [1.807, 2.05) is 66.9 Å². The molecule has 1 aromatic heterocycles. The second-order valence-electron chi connectivity index (χ2n) is 4.98. The molecule has 0 aliphatic heterocycles. The van der Waals surface area contributed by atoms with Crippen LogP contribution >= 0.6 is 11.3 Å². The van der Waals surface area contributed by atoms with E-state index in [-0.39, 0.29) is 5.91 Å². The number of amides is 1. The molecular weight excluding hydrogens is 292 g/mol. The minimum Gasteiger partial charge on any atom is -0.289 e. The Balaban J connectivity index is 2.14. The third-order valence-electron chi connectivity index (χ3n) is 3.51. The van der Waals surface area contributed by atoms with Gasteiger partial charge in [0.25, 0.3) is 5.91 Å². The van der Waals surface area contributed by atoms with Crippen molar-refractivity contribution in [1.82, 2.24) is 4.57 Å². The van der Waals surface area contributed by atoms with Crippen molar-refractivity contribution in [3.63, 3.8) is 0 Å². The van der Waals surface area contributed by atoms with Crippen LogP contribution < -0.4 is 4.80 Å². The Morgan fingerprint density at radius 1 is 0.955 bits per heavy atom. The van der Waals surface area contributed by atoms with Crippen molar-refractivity contribution < 1.29 is 4.79 Å². The van der Waals surface area contributed by atoms with Crippen LogP contribution in [0.2, 0.25) is 0 Å². The highest BCUT2D eigenvalue weighted by Gasteiger charge is 2.10. The average Bonchev–Trinajstić information content (AvgIpc) is 2.83. The van der Waals surface area contributed by atoms with Crippen molar-refractivity contribution in [2.24, 2.45) is 4.99 Å². The lowest BCUT2D eigenvalue weighted by Gasteiger charge is -2.05. The van der Waals surface area contributed by atoms with Crippen molar-refractivity contribution >= 4 is 17.2 Å². The molecule has 0 aliphatic carbocycles. The maximum absolute atomic E-state index is 12.3. The second-order valence-corrected chi connectivity index (χ2v) is 6.16. The number of carbonyl (C=O) groups is 1. The number of thiazole rings is 1. The molecule has 4 heteroatoms. The Morgan fingerprint density at radius 2 is 1.55 bits per heavy atom. The molecule has 0 bridgehead atoms. The van der Waals surface area contributed by atoms with Crippen LogP contribution in [0.1, 0.15) is 20.9 Å². The molecule has 2 aromatic carbocycles. The van der Waals surface area contributed by atoms with E-state index in [4.69, 9.17) is 0 Å². The van der Waals surface area contributed by atoms with Crippen molar-refractivity contribution in [3.05, 3.63) is 81.6 Å². The van der Waals surface area contributed by atoms with Gasteiger partial charge in [0.05, 0.1) is 0 Å². The standard InChI is InChI=1S/C18H16N2OS/c1-13-14(2)22-18(20(13)16-11-7-4-8-12-16)19-17(21)15-9-5-3-6-10-15/h3-12H,1-2H3. The Kier molecular flexibility index (Phi) is 4.02. The average molecular weight is 308 g/mol. The molecule has 0 unspecified atom stereocenters. The summed E-state index contributed by atoms with van der Waals surface area (Å²) in [5, 5.41) is 0. The number of benzene rings is 2. The van der Waals surface area contributed by atoms with Gasteiger partial charge in [-0.25, -0.2) is 0 Å². The van der Waals surface area contributed by atoms with Crippen LogP contribution in [-0.2, 0) is 0 Å². The molecule has 0 atom stereocenters. The Labute approximate surface area is 133 Å². The highest BCUT2D eigenvalue weighted by atomic mass is 32.1. The van der Waals surface area contributed by atoms with Gasteiger partial charge in [-0.15, -0.1) is 11.3 Å². The number of rotatable bonds is 2. The molecule has 1 amide bonds. The zero-order chi connectivity index (χ0) is 15.5. The monoisotopic (exact) mass is 308 g/mol. The lowest BCUT2D eigenvalue weighted by Crippen LogP contribution is -2.16. The Morgan fingerprint density at radius 3 is 2.18 bits per heavy atom. The smallest absolute Gasteiger partial charge is 0.279 e. The normalized spacial score (nSPS) is 11.6. The predicted molar refractivity (Wildman–Crippen MR) is 89.5 cm³/mol. The highest BCUT2D eigenvalue weighted by Crippen LogP contribution is 2.15. The van der Waals surface area contributed by atoms with E-state index in [1.54, 1.807) is 12.1 Å². The number of aryl methyl sites for hydroxylation is 1. The van der Waals surface area contributed by atoms with Crippen molar-refractivity contribution in [2.45, 2.75) is 13.8 Å². The first kappa shape index (κ1) is 14.5. The molecule has 0 aliphatic rings. The minimum atomic E-state index is -0.216. The second kappa shape index (κ2) is 6.12. The molecule has 1 heterocycles. The molecule has 0 saturated carbocycles. The fourth-order valence-corrected chi connectivity index (χ4v) is 3.22. The van der Waals surface area contributed by atoms with E-state index in [0.29, 0.717) is 10.4 Å². The largest absolute Gasteiger partial charge is 0.289 e. The lowest BCUT2D eigenvalue weighted by molar-refractivity contribution is 0.0998. The molecule has 110 valence electrons. The summed E-state index contributed by atoms with van der Waals surface area (Å²) in [6, 6.07) is 19.1. The SMILES string of the molecule is Cc1sc(=NC(=O)c2ccccc2)n(-c2ccccc2)c1C. The molecule has 0 N–H and O–H groups in total. The van der Waals surface area contributed by atoms with Crippen LogP contribution in [-0.4, -0.2) is 10.5 Å². The van der Waals surface area contributed by atoms with Gasteiger partial charge in [0.1, 0.15) is 0 Å². The first-order valence-corrected chi connectivity index (χ1v) is 7.87. The third-order valence-corrected chi connectivity index (χ3v) is 4.57. The zero-order valence-corrected chi connectivity index (χ0v) is 13.3. The molecular formula is C18H16N2OS. The summed E-state index contributed by atoms with van der Waals surface area (Å²) in [6.07, 6.45) is 0. The van der Waals surface area contributed by atoms with Gasteiger partial charge < -0.3 is 0 Å². The van der Waals surface area contributed by atoms with E-state index in [0.717, 1.165) is 16.3 Å². The minimum absolute atomic E-state index is 0.216. The topological polar surface area (TPSA) is 34.4 Å². The van der Waals surface area contributed by atoms with Gasteiger partial charge in [-0.05, 0) is 38.1 Å². The third kappa shape index (κ3) is 2.78. The van der Waals surface area contributed by atoms with Crippen LogP contribution in [0.4, 0.5) is 0 Å². The van der Waals surface area contributed by atoms with Gasteiger partial charge in [0.2, 0.25) is 0 Å². The number of aromatic nitrogens is 1. The van der Waals surface area contributed by atoms with Crippen molar-refractivity contribution in [3.8, 4) is 5.69 Å². The van der Waals surface area contributed by atoms with Crippen LogP contribution in [0.5, 0.6) is 0 Å². The van der Waals surface area contributed by atoms with E-state index >= 15 is 0 Å². The first-order chi connectivity index (χ1) is 10.7. The van der Waals surface area contributed by atoms with Crippen LogP contribution in [0.25, 0.3) is 5.69 Å². The number of carbonyl (C=O) groups excluding carboxylic acids is 1. The van der Waals surface area contributed by atoms with Crippen molar-refractivity contribution in [1.29, 1.82) is 0 Å². The lowest BCUT2D eigenvalue weighted by atomic mass is 10.2. The van der Waals surface area contributed by atoms with E-state index < -0.39 is 0 Å². The van der Waals surface area contributed by atoms with Crippen LogP contribution in [0, 0.1) is 13.8 Å². The van der Waals surface area contributed by atoms with Gasteiger partial charge >= 0.3 is 0 Å². The zero-order valence-electron chi connectivity index (χ0n) is 12.5. The van der Waals surface area contributed by atoms with Gasteiger partial charge in [0.15, 0.2) is 4.80 Å². The fourth-order valence-electron chi connectivity index (χ4n) is 2.24. The highest BCUT2D eigenvalue weighted by molar-refractivity contribution is 7.09. The number of para-hydroxylation sites is 1. The predicted octanol–water partition coefficient (Wildman–Crippen LogP) is 3.90. The molecule has 3 rings (SSSR count). The van der Waals surface area contributed by atoms with Crippen molar-refractivity contribution in [2.75, 3.05) is 0 Å². The number of hydrogen-bond donors (Lipinski definition) is 0. The van der Waals surface area contributed by atoms with Crippen LogP contribution in [0.15, 0.2) is 65.7 Å². The maximum Gasteiger partial charge on any atom is 0.279 e. The molecule has 0 spiro atoms. The number of nitrogens with zero attached hydrogens (tertiary/aromatic N) is 2. The molecule has 0 radical (unpaired) electrons. The molecule has 22 heavy (non-hydrogen) atoms. The molecule has 0 saturated heterocycles. The van der Waals surface area contributed by atoms with Gasteiger partial charge in [-0.1, -0.05) is 36.4 Å². The number of hydrogen-bond acceptors (Lipinski definition) is 2. The first-order valence-electron chi connectivity index (χ1n) is 7.05. The summed E-state index contributed by atoms with van der Waals surface area (Å²) in [6.45, 7) is 4.09. The van der Waals surface area contributed by atoms with Crippen LogP contribution in [0.3, 0.4) is 0 Å². The molecule has 3 nitrogen and oxygen atoms in total. The van der Waals surface area contributed by atoms with Gasteiger partial charge in [0, 0.05) is 21.8 Å². The summed E-state index contributed by atoms with van der Waals surface area (Å²) < 4.78 is 2.03. The van der Waals surface area contributed by atoms with E-state index in [1.165, 1.54) is 11.3 Å².